The molecule has 0 aliphatic heterocycles. The van der Waals surface area contributed by atoms with Crippen LogP contribution in [0.3, 0.4) is 0 Å². The molecule has 0 aromatic heterocycles. The highest BCUT2D eigenvalue weighted by Crippen LogP contribution is 2.11. The van der Waals surface area contributed by atoms with Crippen LogP contribution in [0.25, 0.3) is 0 Å². The number of carboxylic acid groups (broad SMARTS) is 1. The number of ether oxygens (including phenoxy) is 1. The third-order valence-electron chi connectivity index (χ3n) is 4.80. The standard InChI is InChI=1S/C23H42O4/c1-3-4-5-6-7-8-9-10-11-12-13-14-15-16-17-18-19-20-22(24)27-21(2)23(25)26/h10-11,21H,3-9,12-20H2,1-2H3,(H,25,26)/b11-10-. The largest absolute Gasteiger partial charge is 0.479 e. The molecule has 1 atom stereocenters. The molecule has 0 aliphatic rings. The lowest BCUT2D eigenvalue weighted by atomic mass is 10.1. The number of hydrogen-bond acceptors (Lipinski definition) is 3. The second kappa shape index (κ2) is 19.4. The highest BCUT2D eigenvalue weighted by molar-refractivity contribution is 5.77. The van der Waals surface area contributed by atoms with Gasteiger partial charge in [-0.1, -0.05) is 83.3 Å². The maximum atomic E-state index is 11.4. The van der Waals surface area contributed by atoms with E-state index >= 15 is 0 Å². The molecule has 0 aromatic carbocycles. The molecule has 0 saturated heterocycles. The summed E-state index contributed by atoms with van der Waals surface area (Å²) in [6.45, 7) is 3.64. The molecule has 1 unspecified atom stereocenters. The highest BCUT2D eigenvalue weighted by atomic mass is 16.6. The van der Waals surface area contributed by atoms with Crippen LogP contribution in [0.2, 0.25) is 0 Å². The van der Waals surface area contributed by atoms with Crippen molar-refractivity contribution >= 4 is 11.9 Å². The van der Waals surface area contributed by atoms with Gasteiger partial charge in [-0.2, -0.15) is 0 Å². The number of rotatable bonds is 19. The third kappa shape index (κ3) is 19.3. The maximum Gasteiger partial charge on any atom is 0.344 e. The van der Waals surface area contributed by atoms with E-state index in [1.54, 1.807) is 0 Å². The summed E-state index contributed by atoms with van der Waals surface area (Å²) in [6, 6.07) is 0. The van der Waals surface area contributed by atoms with Gasteiger partial charge in [0.1, 0.15) is 0 Å². The van der Waals surface area contributed by atoms with E-state index < -0.39 is 18.0 Å². The van der Waals surface area contributed by atoms with Crippen molar-refractivity contribution in [3.8, 4) is 0 Å². The van der Waals surface area contributed by atoms with Crippen LogP contribution in [0, 0.1) is 0 Å². The van der Waals surface area contributed by atoms with Gasteiger partial charge in [0.25, 0.3) is 0 Å². The normalized spacial score (nSPS) is 12.4. The molecule has 27 heavy (non-hydrogen) atoms. The van der Waals surface area contributed by atoms with Crippen LogP contribution in [0.15, 0.2) is 12.2 Å². The van der Waals surface area contributed by atoms with Crippen molar-refractivity contribution < 1.29 is 19.4 Å². The SMILES string of the molecule is CCCCCCCC/C=C\CCCCCCCCCC(=O)OC(C)C(=O)O. The third-order valence-corrected chi connectivity index (χ3v) is 4.80. The average molecular weight is 383 g/mol. The van der Waals surface area contributed by atoms with Gasteiger partial charge in [-0.15, -0.1) is 0 Å². The van der Waals surface area contributed by atoms with Crippen LogP contribution in [0.4, 0.5) is 0 Å². The summed E-state index contributed by atoms with van der Waals surface area (Å²) in [5.41, 5.74) is 0. The Labute approximate surface area is 166 Å². The Bertz CT molecular complexity index is 390. The van der Waals surface area contributed by atoms with Crippen molar-refractivity contribution in [2.75, 3.05) is 0 Å². The van der Waals surface area contributed by atoms with Crippen LogP contribution in [-0.4, -0.2) is 23.1 Å². The Morgan fingerprint density at radius 3 is 1.70 bits per heavy atom. The molecule has 4 nitrogen and oxygen atoms in total. The van der Waals surface area contributed by atoms with E-state index in [1.165, 1.54) is 84.0 Å². The van der Waals surface area contributed by atoms with E-state index in [9.17, 15) is 9.59 Å². The summed E-state index contributed by atoms with van der Waals surface area (Å²) in [4.78, 5) is 22.0. The number of carbonyl (C=O) groups is 2. The fourth-order valence-corrected chi connectivity index (χ4v) is 3.00. The average Bonchev–Trinajstić information content (AvgIpc) is 2.64. The first kappa shape index (κ1) is 25.7. The lowest BCUT2D eigenvalue weighted by molar-refractivity contribution is -0.162. The number of carbonyl (C=O) groups excluding carboxylic acids is 1. The van der Waals surface area contributed by atoms with Crippen LogP contribution < -0.4 is 0 Å². The van der Waals surface area contributed by atoms with Crippen molar-refractivity contribution in [2.24, 2.45) is 0 Å². The molecule has 0 rings (SSSR count). The van der Waals surface area contributed by atoms with Crippen LogP contribution in [0.5, 0.6) is 0 Å². The first-order valence-corrected chi connectivity index (χ1v) is 11.1. The van der Waals surface area contributed by atoms with Gasteiger partial charge in [-0.25, -0.2) is 4.79 Å². The van der Waals surface area contributed by atoms with Crippen LogP contribution >= 0.6 is 0 Å². The molecular formula is C23H42O4. The molecule has 158 valence electrons. The second-order valence-electron chi connectivity index (χ2n) is 7.51. The van der Waals surface area contributed by atoms with Gasteiger partial charge in [0.15, 0.2) is 6.10 Å². The summed E-state index contributed by atoms with van der Waals surface area (Å²) < 4.78 is 4.80. The molecule has 0 bridgehead atoms. The second-order valence-corrected chi connectivity index (χ2v) is 7.51. The topological polar surface area (TPSA) is 63.6 Å². The minimum Gasteiger partial charge on any atom is -0.479 e. The van der Waals surface area contributed by atoms with Crippen LogP contribution in [-0.2, 0) is 14.3 Å². The first-order chi connectivity index (χ1) is 13.1. The Morgan fingerprint density at radius 2 is 1.22 bits per heavy atom. The van der Waals surface area contributed by atoms with Crippen molar-refractivity contribution in [2.45, 2.75) is 123 Å². The molecule has 0 saturated carbocycles. The molecule has 0 aromatic rings. The summed E-state index contributed by atoms with van der Waals surface area (Å²) >= 11 is 0. The van der Waals surface area contributed by atoms with Gasteiger partial charge in [-0.05, 0) is 39.0 Å². The molecule has 0 amide bonds. The zero-order chi connectivity index (χ0) is 20.2. The quantitative estimate of drug-likeness (QED) is 0.151. The smallest absolute Gasteiger partial charge is 0.344 e. The fraction of sp³-hybridized carbons (Fsp3) is 0.826. The van der Waals surface area contributed by atoms with Crippen molar-refractivity contribution in [3.63, 3.8) is 0 Å². The van der Waals surface area contributed by atoms with E-state index in [2.05, 4.69) is 19.1 Å². The molecule has 1 N–H and O–H groups in total. The van der Waals surface area contributed by atoms with Crippen molar-refractivity contribution in [3.05, 3.63) is 12.2 Å². The van der Waals surface area contributed by atoms with Crippen molar-refractivity contribution in [1.82, 2.24) is 0 Å². The molecule has 0 fully saturated rings. The summed E-state index contributed by atoms with van der Waals surface area (Å²) in [5, 5.41) is 8.67. The Morgan fingerprint density at radius 1 is 0.778 bits per heavy atom. The van der Waals surface area contributed by atoms with E-state index in [0.717, 1.165) is 19.3 Å². The first-order valence-electron chi connectivity index (χ1n) is 11.1. The number of aliphatic carboxylic acids is 1. The zero-order valence-electron chi connectivity index (χ0n) is 17.7. The predicted molar refractivity (Wildman–Crippen MR) is 112 cm³/mol. The summed E-state index contributed by atoms with van der Waals surface area (Å²) in [6.07, 6.45) is 22.6. The van der Waals surface area contributed by atoms with Crippen molar-refractivity contribution in [1.29, 1.82) is 0 Å². The number of carboxylic acids is 1. The Hall–Kier alpha value is -1.32. The monoisotopic (exact) mass is 382 g/mol. The van der Waals surface area contributed by atoms with E-state index in [4.69, 9.17) is 9.84 Å². The van der Waals surface area contributed by atoms with Crippen LogP contribution in [0.1, 0.15) is 117 Å². The Kier molecular flexibility index (Phi) is 18.5. The molecule has 0 heterocycles. The highest BCUT2D eigenvalue weighted by Gasteiger charge is 2.15. The molecular weight excluding hydrogens is 340 g/mol. The zero-order valence-corrected chi connectivity index (χ0v) is 17.7. The predicted octanol–water partition coefficient (Wildman–Crippen LogP) is 6.82. The van der Waals surface area contributed by atoms with Gasteiger partial charge in [-0.3, -0.25) is 4.79 Å². The van der Waals surface area contributed by atoms with Gasteiger partial charge >= 0.3 is 11.9 Å². The summed E-state index contributed by atoms with van der Waals surface area (Å²) in [7, 11) is 0. The van der Waals surface area contributed by atoms with Gasteiger partial charge in [0, 0.05) is 6.42 Å². The summed E-state index contributed by atoms with van der Waals surface area (Å²) in [5.74, 6) is -1.50. The number of unbranched alkanes of at least 4 members (excludes halogenated alkanes) is 13. The number of allylic oxidation sites excluding steroid dienone is 2. The van der Waals surface area contributed by atoms with E-state index in [-0.39, 0.29) is 0 Å². The minimum absolute atomic E-state index is 0.320. The minimum atomic E-state index is -1.10. The maximum absolute atomic E-state index is 11.4. The van der Waals surface area contributed by atoms with E-state index in [1.807, 2.05) is 0 Å². The lowest BCUT2D eigenvalue weighted by Crippen LogP contribution is -2.23. The van der Waals surface area contributed by atoms with Gasteiger partial charge in [0.05, 0.1) is 0 Å². The van der Waals surface area contributed by atoms with Gasteiger partial charge < -0.3 is 9.84 Å². The molecule has 4 heteroatoms. The lowest BCUT2D eigenvalue weighted by Gasteiger charge is -2.08. The number of hydrogen-bond donors (Lipinski definition) is 1. The van der Waals surface area contributed by atoms with Gasteiger partial charge in [0.2, 0.25) is 0 Å². The molecule has 0 aliphatic carbocycles. The molecule has 0 spiro atoms. The van der Waals surface area contributed by atoms with E-state index in [0.29, 0.717) is 6.42 Å². The Balaban J connectivity index is 3.25. The number of esters is 1. The fourth-order valence-electron chi connectivity index (χ4n) is 3.00. The molecule has 0 radical (unpaired) electrons.